The van der Waals surface area contributed by atoms with E-state index in [1.807, 2.05) is 24.3 Å². The van der Waals surface area contributed by atoms with Crippen LogP contribution in [0.15, 0.2) is 24.3 Å². The molecular weight excluding hydrogens is 226 g/mol. The molecule has 1 heterocycles. The molecule has 0 N–H and O–H groups in total. The van der Waals surface area contributed by atoms with Crippen LogP contribution in [0.5, 0.6) is 5.75 Å². The molecule has 0 saturated carbocycles. The Hall–Kier alpha value is -1.35. The molecule has 1 atom stereocenters. The molecule has 3 heteroatoms. The molecule has 0 aromatic heterocycles. The Labute approximate surface area is 109 Å². The minimum atomic E-state index is 0.00815. The summed E-state index contributed by atoms with van der Waals surface area (Å²) in [4.78, 5) is 13.8. The summed E-state index contributed by atoms with van der Waals surface area (Å²) in [5.74, 6) is 1.30. The van der Waals surface area contributed by atoms with Crippen molar-refractivity contribution in [3.05, 3.63) is 29.8 Å². The Morgan fingerprint density at radius 1 is 1.39 bits per heavy atom. The Morgan fingerprint density at radius 3 is 2.72 bits per heavy atom. The zero-order valence-corrected chi connectivity index (χ0v) is 11.1. The van der Waals surface area contributed by atoms with Crippen molar-refractivity contribution in [3.8, 4) is 5.75 Å². The Bertz CT molecular complexity index is 397. The van der Waals surface area contributed by atoms with Gasteiger partial charge in [0.2, 0.25) is 0 Å². The van der Waals surface area contributed by atoms with E-state index < -0.39 is 0 Å². The number of hydrogen-bond acceptors (Lipinski definition) is 3. The van der Waals surface area contributed by atoms with Gasteiger partial charge in [-0.25, -0.2) is 0 Å². The number of ether oxygens (including phenoxy) is 1. The van der Waals surface area contributed by atoms with Crippen LogP contribution in [0.3, 0.4) is 0 Å². The summed E-state index contributed by atoms with van der Waals surface area (Å²) in [6, 6.07) is 7.89. The summed E-state index contributed by atoms with van der Waals surface area (Å²) in [5.41, 5.74) is 1.08. The Balaban J connectivity index is 2.14. The summed E-state index contributed by atoms with van der Waals surface area (Å²) in [5, 5.41) is 0. The third kappa shape index (κ3) is 2.91. The van der Waals surface area contributed by atoms with Crippen LogP contribution in [0.25, 0.3) is 0 Å². The lowest BCUT2D eigenvalue weighted by Gasteiger charge is -2.32. The molecule has 0 radical (unpaired) electrons. The van der Waals surface area contributed by atoms with Crippen molar-refractivity contribution in [1.29, 1.82) is 0 Å². The zero-order chi connectivity index (χ0) is 13.0. The van der Waals surface area contributed by atoms with Crippen molar-refractivity contribution in [2.24, 2.45) is 5.92 Å². The molecule has 0 spiro atoms. The fourth-order valence-corrected chi connectivity index (χ4v) is 2.70. The second kappa shape index (κ2) is 6.01. The number of carbonyl (C=O) groups excluding carboxylic acids is 1. The van der Waals surface area contributed by atoms with E-state index in [0.717, 1.165) is 43.5 Å². The predicted molar refractivity (Wildman–Crippen MR) is 72.0 cm³/mol. The molecule has 0 bridgehead atoms. The van der Waals surface area contributed by atoms with E-state index in [4.69, 9.17) is 4.74 Å². The first-order chi connectivity index (χ1) is 8.74. The number of methoxy groups -OCH3 is 1. The quantitative estimate of drug-likeness (QED) is 0.765. The SMILES string of the molecule is COc1cccc(C(C=O)C2CCN(C)CC2)c1. The van der Waals surface area contributed by atoms with Gasteiger partial charge in [-0.05, 0) is 56.6 Å². The molecule has 1 aromatic rings. The Morgan fingerprint density at radius 2 is 2.11 bits per heavy atom. The highest BCUT2D eigenvalue weighted by Gasteiger charge is 2.26. The number of aldehydes is 1. The van der Waals surface area contributed by atoms with Crippen LogP contribution in [0.4, 0.5) is 0 Å². The third-order valence-electron chi connectivity index (χ3n) is 3.90. The van der Waals surface area contributed by atoms with Gasteiger partial charge in [-0.3, -0.25) is 0 Å². The zero-order valence-electron chi connectivity index (χ0n) is 11.1. The molecule has 98 valence electrons. The molecule has 2 rings (SSSR count). The lowest BCUT2D eigenvalue weighted by atomic mass is 9.81. The second-order valence-electron chi connectivity index (χ2n) is 5.08. The van der Waals surface area contributed by atoms with Crippen molar-refractivity contribution in [1.82, 2.24) is 4.90 Å². The topological polar surface area (TPSA) is 29.5 Å². The van der Waals surface area contributed by atoms with E-state index in [1.165, 1.54) is 0 Å². The van der Waals surface area contributed by atoms with Gasteiger partial charge in [0.1, 0.15) is 12.0 Å². The molecule has 1 fully saturated rings. The van der Waals surface area contributed by atoms with E-state index in [9.17, 15) is 4.79 Å². The van der Waals surface area contributed by atoms with E-state index in [1.54, 1.807) is 7.11 Å². The van der Waals surface area contributed by atoms with Gasteiger partial charge in [-0.1, -0.05) is 12.1 Å². The van der Waals surface area contributed by atoms with Crippen molar-refractivity contribution >= 4 is 6.29 Å². The largest absolute Gasteiger partial charge is 0.497 e. The maximum Gasteiger partial charge on any atom is 0.127 e. The van der Waals surface area contributed by atoms with Crippen molar-refractivity contribution < 1.29 is 9.53 Å². The summed E-state index contributed by atoms with van der Waals surface area (Å²) >= 11 is 0. The van der Waals surface area contributed by atoms with Gasteiger partial charge in [-0.15, -0.1) is 0 Å². The lowest BCUT2D eigenvalue weighted by Crippen LogP contribution is -2.33. The molecule has 1 aliphatic heterocycles. The fourth-order valence-electron chi connectivity index (χ4n) is 2.70. The molecule has 1 unspecified atom stereocenters. The average molecular weight is 247 g/mol. The summed E-state index contributed by atoms with van der Waals surface area (Å²) in [6.45, 7) is 2.16. The smallest absolute Gasteiger partial charge is 0.127 e. The predicted octanol–water partition coefficient (Wildman–Crippen LogP) is 2.32. The molecule has 3 nitrogen and oxygen atoms in total. The van der Waals surface area contributed by atoms with Gasteiger partial charge in [0.15, 0.2) is 0 Å². The van der Waals surface area contributed by atoms with Gasteiger partial charge in [-0.2, -0.15) is 0 Å². The van der Waals surface area contributed by atoms with E-state index in [0.29, 0.717) is 5.92 Å². The van der Waals surface area contributed by atoms with Crippen molar-refractivity contribution in [2.45, 2.75) is 18.8 Å². The number of rotatable bonds is 4. The highest BCUT2D eigenvalue weighted by Crippen LogP contribution is 2.32. The van der Waals surface area contributed by atoms with Crippen LogP contribution in [0.1, 0.15) is 24.3 Å². The number of likely N-dealkylation sites (tertiary alicyclic amines) is 1. The van der Waals surface area contributed by atoms with Crippen LogP contribution in [0, 0.1) is 5.92 Å². The first-order valence-electron chi connectivity index (χ1n) is 6.52. The third-order valence-corrected chi connectivity index (χ3v) is 3.90. The summed E-state index contributed by atoms with van der Waals surface area (Å²) < 4.78 is 5.23. The van der Waals surface area contributed by atoms with Crippen LogP contribution in [0.2, 0.25) is 0 Å². The standard InChI is InChI=1S/C15H21NO2/c1-16-8-6-12(7-9-16)15(11-17)13-4-3-5-14(10-13)18-2/h3-5,10-12,15H,6-9H2,1-2H3. The Kier molecular flexibility index (Phi) is 4.37. The first-order valence-corrected chi connectivity index (χ1v) is 6.52. The molecular formula is C15H21NO2. The highest BCUT2D eigenvalue weighted by atomic mass is 16.5. The van der Waals surface area contributed by atoms with Crippen molar-refractivity contribution in [2.75, 3.05) is 27.2 Å². The van der Waals surface area contributed by atoms with Crippen molar-refractivity contribution in [3.63, 3.8) is 0 Å². The molecule has 1 saturated heterocycles. The van der Waals surface area contributed by atoms with E-state index in [2.05, 4.69) is 11.9 Å². The summed E-state index contributed by atoms with van der Waals surface area (Å²) in [6.07, 6.45) is 3.29. The number of nitrogens with zero attached hydrogens (tertiary/aromatic N) is 1. The van der Waals surface area contributed by atoms with Gasteiger partial charge in [0, 0.05) is 5.92 Å². The molecule has 1 aromatic carbocycles. The van der Waals surface area contributed by atoms with Gasteiger partial charge in [0.25, 0.3) is 0 Å². The van der Waals surface area contributed by atoms with Crippen LogP contribution in [-0.4, -0.2) is 38.4 Å². The van der Waals surface area contributed by atoms with E-state index >= 15 is 0 Å². The normalized spacial score (nSPS) is 19.4. The number of benzene rings is 1. The minimum absolute atomic E-state index is 0.00815. The first kappa shape index (κ1) is 13.1. The second-order valence-corrected chi connectivity index (χ2v) is 5.08. The van der Waals surface area contributed by atoms with Gasteiger partial charge < -0.3 is 14.4 Å². The highest BCUT2D eigenvalue weighted by molar-refractivity contribution is 5.63. The van der Waals surface area contributed by atoms with Crippen LogP contribution >= 0.6 is 0 Å². The molecule has 0 aliphatic carbocycles. The number of carbonyl (C=O) groups is 1. The number of hydrogen-bond donors (Lipinski definition) is 0. The maximum absolute atomic E-state index is 11.4. The van der Waals surface area contributed by atoms with Crippen LogP contribution in [-0.2, 0) is 4.79 Å². The summed E-state index contributed by atoms with van der Waals surface area (Å²) in [7, 11) is 3.79. The number of piperidine rings is 1. The van der Waals surface area contributed by atoms with Gasteiger partial charge >= 0.3 is 0 Å². The average Bonchev–Trinajstić information content (AvgIpc) is 2.42. The molecule has 18 heavy (non-hydrogen) atoms. The fraction of sp³-hybridized carbons (Fsp3) is 0.533. The lowest BCUT2D eigenvalue weighted by molar-refractivity contribution is -0.110. The monoisotopic (exact) mass is 247 g/mol. The van der Waals surface area contributed by atoms with Gasteiger partial charge in [0.05, 0.1) is 7.11 Å². The van der Waals surface area contributed by atoms with E-state index in [-0.39, 0.29) is 5.92 Å². The molecule has 0 amide bonds. The molecule has 1 aliphatic rings. The maximum atomic E-state index is 11.4. The van der Waals surface area contributed by atoms with Crippen LogP contribution < -0.4 is 4.74 Å². The minimum Gasteiger partial charge on any atom is -0.497 e.